The van der Waals surface area contributed by atoms with Gasteiger partial charge < -0.3 is 0 Å². The summed E-state index contributed by atoms with van der Waals surface area (Å²) in [5, 5.41) is 0. The first-order valence-electron chi connectivity index (χ1n) is 7.84. The summed E-state index contributed by atoms with van der Waals surface area (Å²) in [5.74, 6) is 4.40. The van der Waals surface area contributed by atoms with Crippen molar-refractivity contribution >= 4 is 0 Å². The van der Waals surface area contributed by atoms with Crippen LogP contribution in [0.15, 0.2) is 0 Å². The van der Waals surface area contributed by atoms with Crippen LogP contribution in [-0.4, -0.2) is 0 Å². The molecule has 104 valence electrons. The Labute approximate surface area is 111 Å². The van der Waals surface area contributed by atoms with Gasteiger partial charge in [-0.15, -0.1) is 0 Å². The summed E-state index contributed by atoms with van der Waals surface area (Å²) in [6, 6.07) is 0. The average molecular weight is 240 g/mol. The standard InChI is InChI=1S/C17H36/c1-13(2)10-8-9-11-15(5)17(7)12-16(6)14(3)4/h13-17H,8-12H2,1-7H3. The molecular formula is C17H36. The molecule has 0 aliphatic heterocycles. The Kier molecular flexibility index (Phi) is 9.00. The third-order valence-corrected chi connectivity index (χ3v) is 4.54. The van der Waals surface area contributed by atoms with Crippen LogP contribution < -0.4 is 0 Å². The Morgan fingerprint density at radius 3 is 1.59 bits per heavy atom. The normalized spacial score (nSPS) is 17.5. The molecule has 3 unspecified atom stereocenters. The third kappa shape index (κ3) is 8.69. The molecule has 0 saturated carbocycles. The summed E-state index contributed by atoms with van der Waals surface area (Å²) < 4.78 is 0. The fraction of sp³-hybridized carbons (Fsp3) is 1.00. The van der Waals surface area contributed by atoms with Gasteiger partial charge >= 0.3 is 0 Å². The maximum Gasteiger partial charge on any atom is -0.0414 e. The Balaban J connectivity index is 3.70. The van der Waals surface area contributed by atoms with Crippen LogP contribution in [0.2, 0.25) is 0 Å². The number of hydrogen-bond donors (Lipinski definition) is 0. The SMILES string of the molecule is CC(C)CCCCC(C)C(C)CC(C)C(C)C. The smallest absolute Gasteiger partial charge is 0.0414 e. The van der Waals surface area contributed by atoms with Crippen molar-refractivity contribution < 1.29 is 0 Å². The summed E-state index contributed by atoms with van der Waals surface area (Å²) in [4.78, 5) is 0. The zero-order chi connectivity index (χ0) is 13.4. The molecule has 17 heavy (non-hydrogen) atoms. The van der Waals surface area contributed by atoms with E-state index in [1.165, 1.54) is 32.1 Å². The van der Waals surface area contributed by atoms with Crippen molar-refractivity contribution in [1.29, 1.82) is 0 Å². The monoisotopic (exact) mass is 240 g/mol. The van der Waals surface area contributed by atoms with Gasteiger partial charge in [-0.3, -0.25) is 0 Å². The molecule has 0 heteroatoms. The Morgan fingerprint density at radius 2 is 1.12 bits per heavy atom. The van der Waals surface area contributed by atoms with E-state index < -0.39 is 0 Å². The first-order valence-corrected chi connectivity index (χ1v) is 7.84. The maximum absolute atomic E-state index is 2.45. The topological polar surface area (TPSA) is 0 Å². The highest BCUT2D eigenvalue weighted by Gasteiger charge is 2.17. The van der Waals surface area contributed by atoms with E-state index in [0.717, 1.165) is 29.6 Å². The summed E-state index contributed by atoms with van der Waals surface area (Å²) in [6.07, 6.45) is 7.10. The molecule has 0 spiro atoms. The van der Waals surface area contributed by atoms with Gasteiger partial charge in [0.25, 0.3) is 0 Å². The average Bonchev–Trinajstić information content (AvgIpc) is 2.23. The predicted octanol–water partition coefficient (Wildman–Crippen LogP) is 6.16. The molecule has 0 radical (unpaired) electrons. The van der Waals surface area contributed by atoms with Gasteiger partial charge in [0.2, 0.25) is 0 Å². The minimum Gasteiger partial charge on any atom is -0.0628 e. The minimum absolute atomic E-state index is 0.839. The van der Waals surface area contributed by atoms with Crippen LogP contribution in [0.25, 0.3) is 0 Å². The van der Waals surface area contributed by atoms with Gasteiger partial charge in [-0.2, -0.15) is 0 Å². The van der Waals surface area contributed by atoms with E-state index in [0.29, 0.717) is 0 Å². The highest BCUT2D eigenvalue weighted by atomic mass is 14.2. The molecule has 0 saturated heterocycles. The van der Waals surface area contributed by atoms with Crippen LogP contribution in [0.3, 0.4) is 0 Å². The van der Waals surface area contributed by atoms with E-state index in [-0.39, 0.29) is 0 Å². The number of rotatable bonds is 9. The van der Waals surface area contributed by atoms with Crippen molar-refractivity contribution in [1.82, 2.24) is 0 Å². The second kappa shape index (κ2) is 9.00. The van der Waals surface area contributed by atoms with E-state index in [1.807, 2.05) is 0 Å². The van der Waals surface area contributed by atoms with Crippen LogP contribution in [-0.2, 0) is 0 Å². The molecule has 3 atom stereocenters. The van der Waals surface area contributed by atoms with Gasteiger partial charge in [-0.1, -0.05) is 74.1 Å². The molecule has 0 nitrogen and oxygen atoms in total. The molecule has 0 N–H and O–H groups in total. The van der Waals surface area contributed by atoms with Crippen molar-refractivity contribution in [2.45, 2.75) is 80.6 Å². The second-order valence-corrected chi connectivity index (χ2v) is 7.09. The van der Waals surface area contributed by atoms with Gasteiger partial charge in [0.1, 0.15) is 0 Å². The van der Waals surface area contributed by atoms with E-state index >= 15 is 0 Å². The maximum atomic E-state index is 2.45. The van der Waals surface area contributed by atoms with Crippen LogP contribution in [0, 0.1) is 29.6 Å². The molecule has 0 aliphatic carbocycles. The lowest BCUT2D eigenvalue weighted by Gasteiger charge is -2.25. The van der Waals surface area contributed by atoms with Gasteiger partial charge in [-0.25, -0.2) is 0 Å². The first kappa shape index (κ1) is 17.0. The van der Waals surface area contributed by atoms with Crippen LogP contribution in [0.4, 0.5) is 0 Å². The lowest BCUT2D eigenvalue weighted by molar-refractivity contribution is 0.258. The summed E-state index contributed by atoms with van der Waals surface area (Å²) in [5.41, 5.74) is 0. The first-order chi connectivity index (χ1) is 7.84. The molecule has 0 aromatic heterocycles. The Morgan fingerprint density at radius 1 is 0.588 bits per heavy atom. The van der Waals surface area contributed by atoms with Crippen molar-refractivity contribution in [2.24, 2.45) is 29.6 Å². The van der Waals surface area contributed by atoms with E-state index in [4.69, 9.17) is 0 Å². The van der Waals surface area contributed by atoms with Gasteiger partial charge in [0, 0.05) is 0 Å². The quantitative estimate of drug-likeness (QED) is 0.424. The number of unbranched alkanes of at least 4 members (excludes halogenated alkanes) is 1. The molecular weight excluding hydrogens is 204 g/mol. The number of hydrogen-bond acceptors (Lipinski definition) is 0. The van der Waals surface area contributed by atoms with Crippen LogP contribution >= 0.6 is 0 Å². The fourth-order valence-electron chi connectivity index (χ4n) is 2.39. The Hall–Kier alpha value is 0. The van der Waals surface area contributed by atoms with Crippen molar-refractivity contribution in [2.75, 3.05) is 0 Å². The molecule has 0 bridgehead atoms. The molecule has 0 heterocycles. The summed E-state index contributed by atoms with van der Waals surface area (Å²) >= 11 is 0. The summed E-state index contributed by atoms with van der Waals surface area (Å²) in [7, 11) is 0. The lowest BCUT2D eigenvalue weighted by Crippen LogP contribution is -2.15. The fourth-order valence-corrected chi connectivity index (χ4v) is 2.39. The molecule has 0 aliphatic rings. The highest BCUT2D eigenvalue weighted by molar-refractivity contribution is 4.67. The minimum atomic E-state index is 0.839. The molecule has 0 amide bonds. The van der Waals surface area contributed by atoms with Crippen molar-refractivity contribution in [3.63, 3.8) is 0 Å². The van der Waals surface area contributed by atoms with Gasteiger partial charge in [0.05, 0.1) is 0 Å². The second-order valence-electron chi connectivity index (χ2n) is 7.09. The van der Waals surface area contributed by atoms with Crippen LogP contribution in [0.1, 0.15) is 80.6 Å². The van der Waals surface area contributed by atoms with Gasteiger partial charge in [-0.05, 0) is 36.0 Å². The van der Waals surface area contributed by atoms with Crippen LogP contribution in [0.5, 0.6) is 0 Å². The lowest BCUT2D eigenvalue weighted by atomic mass is 9.81. The van der Waals surface area contributed by atoms with E-state index in [1.54, 1.807) is 0 Å². The molecule has 0 rings (SSSR count). The van der Waals surface area contributed by atoms with Crippen molar-refractivity contribution in [3.8, 4) is 0 Å². The predicted molar refractivity (Wildman–Crippen MR) is 80.3 cm³/mol. The van der Waals surface area contributed by atoms with Crippen molar-refractivity contribution in [3.05, 3.63) is 0 Å². The van der Waals surface area contributed by atoms with E-state index in [2.05, 4.69) is 48.5 Å². The van der Waals surface area contributed by atoms with Gasteiger partial charge in [0.15, 0.2) is 0 Å². The molecule has 0 aromatic carbocycles. The molecule has 0 aromatic rings. The highest BCUT2D eigenvalue weighted by Crippen LogP contribution is 2.27. The Bertz CT molecular complexity index is 169. The zero-order valence-corrected chi connectivity index (χ0v) is 13.4. The summed E-state index contributed by atoms with van der Waals surface area (Å²) in [6.45, 7) is 16.7. The molecule has 0 fully saturated rings. The largest absolute Gasteiger partial charge is 0.0628 e. The van der Waals surface area contributed by atoms with E-state index in [9.17, 15) is 0 Å². The zero-order valence-electron chi connectivity index (χ0n) is 13.4. The third-order valence-electron chi connectivity index (χ3n) is 4.54.